The molecule has 0 bridgehead atoms. The van der Waals surface area contributed by atoms with Crippen molar-refractivity contribution in [3.8, 4) is 0 Å². The third-order valence-corrected chi connectivity index (χ3v) is 5.22. The molecule has 3 N–H and O–H groups in total. The molecular formula is C15H33N3. The molecule has 0 heterocycles. The Morgan fingerprint density at radius 3 is 2.28 bits per heavy atom. The van der Waals surface area contributed by atoms with Crippen LogP contribution >= 0.6 is 0 Å². The van der Waals surface area contributed by atoms with Gasteiger partial charge in [0.15, 0.2) is 0 Å². The number of hydrogen-bond acceptors (Lipinski definition) is 3. The van der Waals surface area contributed by atoms with Crippen LogP contribution in [-0.4, -0.2) is 30.6 Å². The van der Waals surface area contributed by atoms with E-state index in [-0.39, 0.29) is 5.54 Å². The first kappa shape index (κ1) is 15.9. The second-order valence-corrected chi connectivity index (χ2v) is 6.65. The molecule has 0 aromatic rings. The first-order chi connectivity index (χ1) is 8.46. The summed E-state index contributed by atoms with van der Waals surface area (Å²) < 4.78 is 0. The molecular weight excluding hydrogens is 222 g/mol. The summed E-state index contributed by atoms with van der Waals surface area (Å²) in [4.78, 5) is 2.42. The number of nitrogens with zero attached hydrogens (tertiary/aromatic N) is 1. The summed E-state index contributed by atoms with van der Waals surface area (Å²) in [7, 11) is 4.44. The lowest BCUT2D eigenvalue weighted by Crippen LogP contribution is -2.62. The lowest BCUT2D eigenvalue weighted by atomic mass is 9.70. The maximum atomic E-state index is 5.89. The van der Waals surface area contributed by atoms with E-state index in [1.807, 2.05) is 0 Å². The van der Waals surface area contributed by atoms with E-state index in [9.17, 15) is 0 Å². The first-order valence-corrected chi connectivity index (χ1v) is 7.59. The van der Waals surface area contributed by atoms with Crippen molar-refractivity contribution in [2.24, 2.45) is 17.7 Å². The van der Waals surface area contributed by atoms with Crippen molar-refractivity contribution in [3.05, 3.63) is 0 Å². The molecule has 0 aromatic carbocycles. The number of likely N-dealkylation sites (N-methyl/N-ethyl adjacent to an activating group) is 1. The van der Waals surface area contributed by atoms with Gasteiger partial charge in [0.25, 0.3) is 0 Å². The third kappa shape index (κ3) is 3.46. The van der Waals surface area contributed by atoms with Crippen molar-refractivity contribution in [2.45, 2.75) is 70.9 Å². The molecule has 0 spiro atoms. The number of rotatable bonds is 6. The second kappa shape index (κ2) is 6.88. The van der Waals surface area contributed by atoms with Gasteiger partial charge in [-0.15, -0.1) is 0 Å². The number of nitrogens with two attached hydrogens (primary N) is 1. The highest BCUT2D eigenvalue weighted by Gasteiger charge is 2.42. The van der Waals surface area contributed by atoms with Gasteiger partial charge in [0.05, 0.1) is 0 Å². The van der Waals surface area contributed by atoms with Crippen LogP contribution in [0.4, 0.5) is 0 Å². The van der Waals surface area contributed by atoms with Crippen molar-refractivity contribution in [1.82, 2.24) is 10.3 Å². The molecule has 0 aliphatic heterocycles. The minimum Gasteiger partial charge on any atom is -0.302 e. The van der Waals surface area contributed by atoms with E-state index >= 15 is 0 Å². The maximum Gasteiger partial charge on any atom is 0.0397 e. The summed E-state index contributed by atoms with van der Waals surface area (Å²) in [5, 5.41) is 0. The molecule has 1 fully saturated rings. The Morgan fingerprint density at radius 1 is 1.33 bits per heavy atom. The molecule has 3 heteroatoms. The molecule has 0 radical (unpaired) electrons. The third-order valence-electron chi connectivity index (χ3n) is 5.22. The van der Waals surface area contributed by atoms with Crippen LogP contribution in [0.15, 0.2) is 0 Å². The molecule has 1 rings (SSSR count). The average molecular weight is 255 g/mol. The molecule has 0 saturated heterocycles. The topological polar surface area (TPSA) is 41.3 Å². The van der Waals surface area contributed by atoms with E-state index in [0.29, 0.717) is 6.04 Å². The molecule has 3 nitrogen and oxygen atoms in total. The fourth-order valence-corrected chi connectivity index (χ4v) is 3.38. The lowest BCUT2D eigenvalue weighted by Gasteiger charge is -2.50. The number of hydrogen-bond donors (Lipinski definition) is 2. The zero-order valence-corrected chi connectivity index (χ0v) is 13.0. The van der Waals surface area contributed by atoms with E-state index in [0.717, 1.165) is 11.8 Å². The summed E-state index contributed by atoms with van der Waals surface area (Å²) >= 11 is 0. The van der Waals surface area contributed by atoms with E-state index in [2.05, 4.69) is 45.2 Å². The van der Waals surface area contributed by atoms with Crippen LogP contribution < -0.4 is 11.3 Å². The zero-order valence-electron chi connectivity index (χ0n) is 13.0. The largest absolute Gasteiger partial charge is 0.302 e. The molecule has 108 valence electrons. The normalized spacial score (nSPS) is 32.5. The summed E-state index contributed by atoms with van der Waals surface area (Å²) in [6.45, 7) is 6.97. The fraction of sp³-hybridized carbons (Fsp3) is 1.00. The standard InChI is InChI=1S/C15H33N3/c1-6-12(2)11-14(17-16)15(18(4)5)9-7-13(3)8-10-15/h12-14,17H,6-11,16H2,1-5H3. The number of hydrazine groups is 1. The first-order valence-electron chi connectivity index (χ1n) is 7.59. The van der Waals surface area contributed by atoms with Crippen LogP contribution in [0.3, 0.4) is 0 Å². The van der Waals surface area contributed by atoms with Crippen LogP contribution in [0.5, 0.6) is 0 Å². The monoisotopic (exact) mass is 255 g/mol. The zero-order chi connectivity index (χ0) is 13.8. The van der Waals surface area contributed by atoms with Crippen molar-refractivity contribution < 1.29 is 0 Å². The second-order valence-electron chi connectivity index (χ2n) is 6.65. The predicted molar refractivity (Wildman–Crippen MR) is 79.2 cm³/mol. The lowest BCUT2D eigenvalue weighted by molar-refractivity contribution is 0.0350. The Balaban J connectivity index is 2.81. The Labute approximate surface area is 113 Å². The van der Waals surface area contributed by atoms with E-state index in [1.165, 1.54) is 38.5 Å². The highest BCUT2D eigenvalue weighted by Crippen LogP contribution is 2.39. The molecule has 0 aromatic heterocycles. The van der Waals surface area contributed by atoms with Crippen LogP contribution in [0, 0.1) is 11.8 Å². The van der Waals surface area contributed by atoms with Gasteiger partial charge in [-0.25, -0.2) is 0 Å². The van der Waals surface area contributed by atoms with Crippen molar-refractivity contribution in [2.75, 3.05) is 14.1 Å². The number of nitrogens with one attached hydrogen (secondary N) is 1. The Bertz CT molecular complexity index is 232. The van der Waals surface area contributed by atoms with Crippen LogP contribution in [0.25, 0.3) is 0 Å². The van der Waals surface area contributed by atoms with Crippen LogP contribution in [0.2, 0.25) is 0 Å². The van der Waals surface area contributed by atoms with E-state index in [4.69, 9.17) is 5.84 Å². The summed E-state index contributed by atoms with van der Waals surface area (Å²) in [5.74, 6) is 7.50. The van der Waals surface area contributed by atoms with Crippen LogP contribution in [-0.2, 0) is 0 Å². The molecule has 1 aliphatic rings. The van der Waals surface area contributed by atoms with E-state index in [1.54, 1.807) is 0 Å². The Kier molecular flexibility index (Phi) is 6.09. The SMILES string of the molecule is CCC(C)CC(NN)C1(N(C)C)CCC(C)CC1. The van der Waals surface area contributed by atoms with Gasteiger partial charge in [-0.1, -0.05) is 27.2 Å². The van der Waals surface area contributed by atoms with Gasteiger partial charge >= 0.3 is 0 Å². The molecule has 1 saturated carbocycles. The smallest absolute Gasteiger partial charge is 0.0397 e. The molecule has 1 aliphatic carbocycles. The van der Waals surface area contributed by atoms with Gasteiger partial charge in [-0.3, -0.25) is 11.3 Å². The van der Waals surface area contributed by atoms with Gasteiger partial charge < -0.3 is 4.90 Å². The molecule has 2 unspecified atom stereocenters. The van der Waals surface area contributed by atoms with Gasteiger partial charge in [-0.2, -0.15) is 0 Å². The highest BCUT2D eigenvalue weighted by molar-refractivity contribution is 5.01. The Morgan fingerprint density at radius 2 is 1.89 bits per heavy atom. The molecule has 18 heavy (non-hydrogen) atoms. The predicted octanol–water partition coefficient (Wildman–Crippen LogP) is 2.77. The van der Waals surface area contributed by atoms with Gasteiger partial charge in [0.1, 0.15) is 0 Å². The van der Waals surface area contributed by atoms with Gasteiger partial charge in [0, 0.05) is 11.6 Å². The van der Waals surface area contributed by atoms with Gasteiger partial charge in [0.2, 0.25) is 0 Å². The van der Waals surface area contributed by atoms with E-state index < -0.39 is 0 Å². The highest BCUT2D eigenvalue weighted by atomic mass is 15.3. The van der Waals surface area contributed by atoms with Crippen molar-refractivity contribution in [3.63, 3.8) is 0 Å². The summed E-state index contributed by atoms with van der Waals surface area (Å²) in [5.41, 5.74) is 3.39. The summed E-state index contributed by atoms with van der Waals surface area (Å²) in [6.07, 6.45) is 7.62. The van der Waals surface area contributed by atoms with Crippen LogP contribution in [0.1, 0.15) is 59.3 Å². The van der Waals surface area contributed by atoms with Crippen molar-refractivity contribution in [1.29, 1.82) is 0 Å². The summed E-state index contributed by atoms with van der Waals surface area (Å²) in [6, 6.07) is 0.412. The average Bonchev–Trinajstić information content (AvgIpc) is 2.36. The van der Waals surface area contributed by atoms with Crippen molar-refractivity contribution >= 4 is 0 Å². The van der Waals surface area contributed by atoms with Gasteiger partial charge in [-0.05, 0) is 58.0 Å². The molecule has 2 atom stereocenters. The minimum absolute atomic E-state index is 0.255. The Hall–Kier alpha value is -0.120. The maximum absolute atomic E-state index is 5.89. The quantitative estimate of drug-likeness (QED) is 0.566. The molecule has 0 amide bonds. The minimum atomic E-state index is 0.255. The fourth-order valence-electron chi connectivity index (χ4n) is 3.38.